The number of rotatable bonds is 3. The van der Waals surface area contributed by atoms with Gasteiger partial charge in [-0.15, -0.1) is 0 Å². The number of imide groups is 1. The van der Waals surface area contributed by atoms with Gasteiger partial charge < -0.3 is 4.90 Å². The molecule has 2 aliphatic heterocycles. The molecule has 0 aromatic heterocycles. The van der Waals surface area contributed by atoms with Crippen LogP contribution in [-0.2, 0) is 9.59 Å². The molecule has 3 rings (SSSR count). The predicted octanol–water partition coefficient (Wildman–Crippen LogP) is 2.74. The van der Waals surface area contributed by atoms with Gasteiger partial charge in [0.1, 0.15) is 6.54 Å². The molecule has 1 aromatic rings. The van der Waals surface area contributed by atoms with Crippen LogP contribution < -0.4 is 0 Å². The van der Waals surface area contributed by atoms with Gasteiger partial charge >= 0.3 is 0 Å². The van der Waals surface area contributed by atoms with Crippen LogP contribution in [0.1, 0.15) is 24.8 Å². The molecule has 2 saturated heterocycles. The van der Waals surface area contributed by atoms with Crippen LogP contribution in [0.15, 0.2) is 35.2 Å². The van der Waals surface area contributed by atoms with Gasteiger partial charge in [0.05, 0.1) is 4.91 Å². The van der Waals surface area contributed by atoms with E-state index in [0.29, 0.717) is 4.91 Å². The third-order valence-electron chi connectivity index (χ3n) is 3.97. The van der Waals surface area contributed by atoms with Gasteiger partial charge in [-0.2, -0.15) is 0 Å². The summed E-state index contributed by atoms with van der Waals surface area (Å²) < 4.78 is 0. The van der Waals surface area contributed by atoms with E-state index in [1.165, 1.54) is 0 Å². The van der Waals surface area contributed by atoms with E-state index >= 15 is 0 Å². The van der Waals surface area contributed by atoms with Crippen LogP contribution in [0, 0.1) is 0 Å². The van der Waals surface area contributed by atoms with Crippen LogP contribution in [0.2, 0.25) is 0 Å². The Kier molecular flexibility index (Phi) is 4.81. The molecule has 0 atom stereocenters. The van der Waals surface area contributed by atoms with Crippen LogP contribution in [0.4, 0.5) is 4.79 Å². The average molecular weight is 330 g/mol. The minimum Gasteiger partial charge on any atom is -0.341 e. The van der Waals surface area contributed by atoms with Crippen molar-refractivity contribution in [2.75, 3.05) is 19.6 Å². The topological polar surface area (TPSA) is 57.7 Å². The lowest BCUT2D eigenvalue weighted by atomic mass is 10.1. The van der Waals surface area contributed by atoms with Crippen molar-refractivity contribution in [2.24, 2.45) is 0 Å². The maximum Gasteiger partial charge on any atom is 0.294 e. The van der Waals surface area contributed by atoms with Crippen molar-refractivity contribution < 1.29 is 14.4 Å². The summed E-state index contributed by atoms with van der Waals surface area (Å²) in [6.45, 7) is 1.28. The van der Waals surface area contributed by atoms with E-state index in [4.69, 9.17) is 0 Å². The summed E-state index contributed by atoms with van der Waals surface area (Å²) in [5.41, 5.74) is 0.861. The molecule has 2 heterocycles. The lowest BCUT2D eigenvalue weighted by Crippen LogP contribution is -2.44. The molecular weight excluding hydrogens is 312 g/mol. The number of nitrogens with zero attached hydrogens (tertiary/aromatic N) is 2. The molecule has 3 amide bonds. The fourth-order valence-electron chi connectivity index (χ4n) is 2.72. The monoisotopic (exact) mass is 330 g/mol. The van der Waals surface area contributed by atoms with Crippen molar-refractivity contribution in [3.63, 3.8) is 0 Å². The van der Waals surface area contributed by atoms with E-state index in [-0.39, 0.29) is 23.6 Å². The normalized spacial score (nSPS) is 20.4. The third kappa shape index (κ3) is 3.64. The van der Waals surface area contributed by atoms with E-state index in [9.17, 15) is 14.4 Å². The van der Waals surface area contributed by atoms with Gasteiger partial charge in [0.25, 0.3) is 11.1 Å². The minimum atomic E-state index is -0.380. The first-order valence-corrected chi connectivity index (χ1v) is 8.55. The largest absolute Gasteiger partial charge is 0.341 e. The number of benzene rings is 1. The third-order valence-corrected chi connectivity index (χ3v) is 4.88. The summed E-state index contributed by atoms with van der Waals surface area (Å²) in [6, 6.07) is 9.37. The van der Waals surface area contributed by atoms with Crippen LogP contribution in [0.5, 0.6) is 0 Å². The molecule has 2 aliphatic rings. The Labute approximate surface area is 139 Å². The van der Waals surface area contributed by atoms with E-state index in [0.717, 1.165) is 54.6 Å². The van der Waals surface area contributed by atoms with Crippen molar-refractivity contribution in [1.82, 2.24) is 9.80 Å². The second-order valence-corrected chi connectivity index (χ2v) is 6.61. The van der Waals surface area contributed by atoms with Gasteiger partial charge in [-0.1, -0.05) is 30.3 Å². The molecule has 0 aliphatic carbocycles. The van der Waals surface area contributed by atoms with E-state index in [1.54, 1.807) is 11.0 Å². The molecule has 0 spiro atoms. The molecular formula is C17H18N2O3S. The van der Waals surface area contributed by atoms with Crippen molar-refractivity contribution in [3.8, 4) is 0 Å². The number of likely N-dealkylation sites (tertiary alicyclic amines) is 1. The smallest absolute Gasteiger partial charge is 0.294 e. The Morgan fingerprint density at radius 1 is 1.09 bits per heavy atom. The molecule has 120 valence electrons. The highest BCUT2D eigenvalue weighted by Crippen LogP contribution is 2.32. The molecule has 0 N–H and O–H groups in total. The van der Waals surface area contributed by atoms with Crippen LogP contribution in [0.3, 0.4) is 0 Å². The molecule has 2 fully saturated rings. The Hall–Kier alpha value is -2.08. The zero-order valence-corrected chi connectivity index (χ0v) is 13.6. The lowest BCUT2D eigenvalue weighted by Gasteiger charge is -2.27. The second kappa shape index (κ2) is 7.00. The molecule has 5 nitrogen and oxygen atoms in total. The fourth-order valence-corrected chi connectivity index (χ4v) is 3.55. The second-order valence-electron chi connectivity index (χ2n) is 5.62. The van der Waals surface area contributed by atoms with Gasteiger partial charge in [-0.25, -0.2) is 0 Å². The molecule has 0 unspecified atom stereocenters. The quantitative estimate of drug-likeness (QED) is 0.800. The fraction of sp³-hybridized carbons (Fsp3) is 0.353. The Morgan fingerprint density at radius 2 is 1.78 bits per heavy atom. The van der Waals surface area contributed by atoms with Gasteiger partial charge in [0, 0.05) is 13.1 Å². The maximum absolute atomic E-state index is 12.4. The first-order chi connectivity index (χ1) is 11.1. The van der Waals surface area contributed by atoms with Crippen LogP contribution in [-0.4, -0.2) is 46.5 Å². The minimum absolute atomic E-state index is 0.145. The Bertz CT molecular complexity index is 651. The number of carbonyl (C=O) groups is 3. The van der Waals surface area contributed by atoms with Gasteiger partial charge in [0.15, 0.2) is 0 Å². The number of carbonyl (C=O) groups excluding carboxylic acids is 3. The number of hydrogen-bond donors (Lipinski definition) is 0. The Morgan fingerprint density at radius 3 is 2.48 bits per heavy atom. The number of amides is 3. The van der Waals surface area contributed by atoms with Crippen LogP contribution >= 0.6 is 11.8 Å². The molecule has 6 heteroatoms. The highest BCUT2D eigenvalue weighted by Gasteiger charge is 2.37. The zero-order chi connectivity index (χ0) is 16.2. The zero-order valence-electron chi connectivity index (χ0n) is 12.7. The number of thioether (sulfide) groups is 1. The summed E-state index contributed by atoms with van der Waals surface area (Å²) in [5, 5.41) is -0.373. The summed E-state index contributed by atoms with van der Waals surface area (Å²) in [5.74, 6) is -0.526. The first-order valence-electron chi connectivity index (χ1n) is 7.73. The standard InChI is InChI=1S/C17H18N2O3S/c20-15(18-9-5-2-6-10-18)12-19-16(21)14(23-17(19)22)11-13-7-3-1-4-8-13/h1,3-4,7-8,11H,2,5-6,9-10,12H2/b14-11+. The number of hydrogen-bond acceptors (Lipinski definition) is 4. The Balaban J connectivity index is 1.69. The summed E-state index contributed by atoms with van der Waals surface area (Å²) in [6.07, 6.45) is 4.80. The van der Waals surface area contributed by atoms with Crippen molar-refractivity contribution in [1.29, 1.82) is 0 Å². The van der Waals surface area contributed by atoms with Gasteiger partial charge in [-0.3, -0.25) is 19.3 Å². The highest BCUT2D eigenvalue weighted by atomic mass is 32.2. The number of piperidine rings is 1. The van der Waals surface area contributed by atoms with Crippen molar-refractivity contribution in [3.05, 3.63) is 40.8 Å². The van der Waals surface area contributed by atoms with E-state index in [2.05, 4.69) is 0 Å². The molecule has 23 heavy (non-hydrogen) atoms. The van der Waals surface area contributed by atoms with E-state index in [1.807, 2.05) is 30.3 Å². The average Bonchev–Trinajstić information content (AvgIpc) is 2.84. The molecule has 0 bridgehead atoms. The van der Waals surface area contributed by atoms with Crippen molar-refractivity contribution >= 4 is 34.9 Å². The molecule has 0 saturated carbocycles. The van der Waals surface area contributed by atoms with Crippen molar-refractivity contribution in [2.45, 2.75) is 19.3 Å². The SMILES string of the molecule is O=C(CN1C(=O)S/C(=C/c2ccccc2)C1=O)N1CCCCC1. The van der Waals surface area contributed by atoms with Gasteiger partial charge in [-0.05, 0) is 42.7 Å². The molecule has 1 aromatic carbocycles. The maximum atomic E-state index is 12.4. The van der Waals surface area contributed by atoms with E-state index < -0.39 is 0 Å². The first kappa shape index (κ1) is 15.8. The molecule has 0 radical (unpaired) electrons. The summed E-state index contributed by atoms with van der Waals surface area (Å²) in [7, 11) is 0. The highest BCUT2D eigenvalue weighted by molar-refractivity contribution is 8.18. The summed E-state index contributed by atoms with van der Waals surface area (Å²) in [4.78, 5) is 39.9. The van der Waals surface area contributed by atoms with Crippen LogP contribution in [0.25, 0.3) is 6.08 Å². The predicted molar refractivity (Wildman–Crippen MR) is 89.6 cm³/mol. The lowest BCUT2D eigenvalue weighted by molar-refractivity contribution is -0.136. The van der Waals surface area contributed by atoms with Gasteiger partial charge in [0.2, 0.25) is 5.91 Å². The summed E-state index contributed by atoms with van der Waals surface area (Å²) >= 11 is 0.893.